The molecule has 0 amide bonds. The lowest BCUT2D eigenvalue weighted by atomic mass is 9.88. The van der Waals surface area contributed by atoms with Gasteiger partial charge in [-0.05, 0) is 50.4 Å². The van der Waals surface area contributed by atoms with Crippen molar-refractivity contribution in [3.63, 3.8) is 0 Å². The first-order valence-electron chi connectivity index (χ1n) is 7.08. The SMILES string of the molecule is CCCNC(Cc1ccc(F)cc1)C(C)(CC)OC. The molecule has 2 nitrogen and oxygen atoms in total. The molecule has 0 heterocycles. The molecule has 0 aliphatic carbocycles. The molecule has 0 saturated carbocycles. The van der Waals surface area contributed by atoms with E-state index in [4.69, 9.17) is 4.74 Å². The third kappa shape index (κ3) is 4.59. The topological polar surface area (TPSA) is 21.3 Å². The highest BCUT2D eigenvalue weighted by atomic mass is 19.1. The molecule has 1 aromatic rings. The Bertz CT molecular complexity index is 360. The van der Waals surface area contributed by atoms with Gasteiger partial charge < -0.3 is 10.1 Å². The van der Waals surface area contributed by atoms with E-state index in [1.165, 1.54) is 12.1 Å². The van der Waals surface area contributed by atoms with E-state index >= 15 is 0 Å². The standard InChI is InChI=1S/C16H26FNO/c1-5-11-18-15(16(3,6-2)19-4)12-13-7-9-14(17)10-8-13/h7-10,15,18H,5-6,11-12H2,1-4H3. The number of ether oxygens (including phenoxy) is 1. The molecular formula is C16H26FNO. The minimum atomic E-state index is -0.205. The van der Waals surface area contributed by atoms with Crippen molar-refractivity contribution in [1.29, 1.82) is 0 Å². The Balaban J connectivity index is 2.81. The van der Waals surface area contributed by atoms with Gasteiger partial charge in [0.1, 0.15) is 5.82 Å². The van der Waals surface area contributed by atoms with Crippen LogP contribution in [-0.4, -0.2) is 25.3 Å². The Labute approximate surface area is 116 Å². The monoisotopic (exact) mass is 267 g/mol. The van der Waals surface area contributed by atoms with Gasteiger partial charge in [0.05, 0.1) is 5.60 Å². The summed E-state index contributed by atoms with van der Waals surface area (Å²) in [4.78, 5) is 0. The van der Waals surface area contributed by atoms with Crippen LogP contribution in [0.15, 0.2) is 24.3 Å². The van der Waals surface area contributed by atoms with E-state index in [1.54, 1.807) is 7.11 Å². The zero-order chi connectivity index (χ0) is 14.3. The summed E-state index contributed by atoms with van der Waals surface area (Å²) in [5.41, 5.74) is 0.926. The summed E-state index contributed by atoms with van der Waals surface area (Å²) in [7, 11) is 1.76. The van der Waals surface area contributed by atoms with Crippen LogP contribution >= 0.6 is 0 Å². The fraction of sp³-hybridized carbons (Fsp3) is 0.625. The van der Waals surface area contributed by atoms with Crippen LogP contribution in [0.1, 0.15) is 39.2 Å². The largest absolute Gasteiger partial charge is 0.377 e. The Morgan fingerprint density at radius 2 is 1.89 bits per heavy atom. The summed E-state index contributed by atoms with van der Waals surface area (Å²) in [6.07, 6.45) is 2.87. The summed E-state index contributed by atoms with van der Waals surface area (Å²) in [5, 5.41) is 3.56. The van der Waals surface area contributed by atoms with E-state index in [0.29, 0.717) is 0 Å². The Morgan fingerprint density at radius 1 is 1.26 bits per heavy atom. The minimum absolute atomic E-state index is 0.188. The van der Waals surface area contributed by atoms with Crippen molar-refractivity contribution in [2.24, 2.45) is 0 Å². The number of rotatable bonds is 8. The van der Waals surface area contributed by atoms with Gasteiger partial charge in [-0.1, -0.05) is 26.0 Å². The minimum Gasteiger partial charge on any atom is -0.377 e. The van der Waals surface area contributed by atoms with Gasteiger partial charge in [-0.2, -0.15) is 0 Å². The fourth-order valence-corrected chi connectivity index (χ4v) is 2.21. The van der Waals surface area contributed by atoms with Gasteiger partial charge in [-0.25, -0.2) is 4.39 Å². The van der Waals surface area contributed by atoms with E-state index in [9.17, 15) is 4.39 Å². The molecule has 0 radical (unpaired) electrons. The normalized spacial score (nSPS) is 16.1. The summed E-state index contributed by atoms with van der Waals surface area (Å²) >= 11 is 0. The summed E-state index contributed by atoms with van der Waals surface area (Å²) < 4.78 is 18.7. The number of halogens is 1. The average Bonchev–Trinajstić information content (AvgIpc) is 2.44. The third-order valence-electron chi connectivity index (χ3n) is 3.90. The van der Waals surface area contributed by atoms with Crippen LogP contribution in [0.25, 0.3) is 0 Å². The van der Waals surface area contributed by atoms with Crippen molar-refractivity contribution in [3.05, 3.63) is 35.6 Å². The zero-order valence-electron chi connectivity index (χ0n) is 12.5. The first kappa shape index (κ1) is 16.1. The molecule has 108 valence electrons. The molecule has 0 aromatic heterocycles. The number of benzene rings is 1. The van der Waals surface area contributed by atoms with E-state index in [1.807, 2.05) is 12.1 Å². The first-order chi connectivity index (χ1) is 9.05. The van der Waals surface area contributed by atoms with Crippen molar-refractivity contribution in [2.45, 2.75) is 51.7 Å². The highest BCUT2D eigenvalue weighted by Crippen LogP contribution is 2.22. The highest BCUT2D eigenvalue weighted by molar-refractivity contribution is 5.18. The Kier molecular flexibility index (Phi) is 6.46. The average molecular weight is 267 g/mol. The van der Waals surface area contributed by atoms with Gasteiger partial charge in [0, 0.05) is 13.2 Å². The van der Waals surface area contributed by atoms with Crippen molar-refractivity contribution in [3.8, 4) is 0 Å². The lowest BCUT2D eigenvalue weighted by Crippen LogP contribution is -2.51. The number of hydrogen-bond donors (Lipinski definition) is 1. The van der Waals surface area contributed by atoms with Gasteiger partial charge in [0.15, 0.2) is 0 Å². The molecular weight excluding hydrogens is 241 g/mol. The number of methoxy groups -OCH3 is 1. The molecule has 1 aromatic carbocycles. The lowest BCUT2D eigenvalue weighted by Gasteiger charge is -2.36. The highest BCUT2D eigenvalue weighted by Gasteiger charge is 2.32. The first-order valence-corrected chi connectivity index (χ1v) is 7.08. The van der Waals surface area contributed by atoms with Crippen LogP contribution in [0, 0.1) is 5.82 Å². The van der Waals surface area contributed by atoms with Crippen LogP contribution in [0.2, 0.25) is 0 Å². The number of nitrogens with one attached hydrogen (secondary N) is 1. The quantitative estimate of drug-likeness (QED) is 0.777. The summed E-state index contributed by atoms with van der Waals surface area (Å²) in [6, 6.07) is 6.96. The second-order valence-corrected chi connectivity index (χ2v) is 5.21. The molecule has 1 N–H and O–H groups in total. The smallest absolute Gasteiger partial charge is 0.123 e. The maximum Gasteiger partial charge on any atom is 0.123 e. The number of hydrogen-bond acceptors (Lipinski definition) is 2. The summed E-state index contributed by atoms with van der Waals surface area (Å²) in [6.45, 7) is 7.38. The van der Waals surface area contributed by atoms with Crippen molar-refractivity contribution >= 4 is 0 Å². The molecule has 0 fully saturated rings. The maximum absolute atomic E-state index is 13.0. The molecule has 2 atom stereocenters. The van der Waals surface area contributed by atoms with Crippen molar-refractivity contribution < 1.29 is 9.13 Å². The van der Waals surface area contributed by atoms with Gasteiger partial charge in [0.25, 0.3) is 0 Å². The molecule has 0 aliphatic rings. The Hall–Kier alpha value is -0.930. The predicted octanol–water partition coefficient (Wildman–Crippen LogP) is 3.55. The van der Waals surface area contributed by atoms with Gasteiger partial charge >= 0.3 is 0 Å². The van der Waals surface area contributed by atoms with Crippen molar-refractivity contribution in [1.82, 2.24) is 5.32 Å². The van der Waals surface area contributed by atoms with Crippen molar-refractivity contribution in [2.75, 3.05) is 13.7 Å². The fourth-order valence-electron chi connectivity index (χ4n) is 2.21. The van der Waals surface area contributed by atoms with E-state index in [2.05, 4.69) is 26.1 Å². The molecule has 0 aliphatic heterocycles. The molecule has 0 bridgehead atoms. The van der Waals surface area contributed by atoms with E-state index in [0.717, 1.165) is 31.4 Å². The molecule has 0 saturated heterocycles. The van der Waals surface area contributed by atoms with E-state index in [-0.39, 0.29) is 17.5 Å². The molecule has 1 rings (SSSR count). The third-order valence-corrected chi connectivity index (χ3v) is 3.90. The van der Waals surface area contributed by atoms with Crippen LogP contribution < -0.4 is 5.32 Å². The Morgan fingerprint density at radius 3 is 2.37 bits per heavy atom. The van der Waals surface area contributed by atoms with Gasteiger partial charge in [-0.15, -0.1) is 0 Å². The molecule has 2 unspecified atom stereocenters. The second-order valence-electron chi connectivity index (χ2n) is 5.21. The summed E-state index contributed by atoms with van der Waals surface area (Å²) in [5.74, 6) is -0.188. The second kappa shape index (κ2) is 7.61. The van der Waals surface area contributed by atoms with Gasteiger partial charge in [-0.3, -0.25) is 0 Å². The van der Waals surface area contributed by atoms with Gasteiger partial charge in [0.2, 0.25) is 0 Å². The van der Waals surface area contributed by atoms with E-state index < -0.39 is 0 Å². The maximum atomic E-state index is 13.0. The molecule has 19 heavy (non-hydrogen) atoms. The van der Waals surface area contributed by atoms with Crippen LogP contribution in [0.5, 0.6) is 0 Å². The zero-order valence-corrected chi connectivity index (χ0v) is 12.5. The molecule has 3 heteroatoms. The van der Waals surface area contributed by atoms with Crippen LogP contribution in [0.3, 0.4) is 0 Å². The lowest BCUT2D eigenvalue weighted by molar-refractivity contribution is -0.0287. The van der Waals surface area contributed by atoms with Crippen LogP contribution in [-0.2, 0) is 11.2 Å². The molecule has 0 spiro atoms. The van der Waals surface area contributed by atoms with Crippen LogP contribution in [0.4, 0.5) is 4.39 Å². The predicted molar refractivity (Wildman–Crippen MR) is 77.9 cm³/mol.